The predicted molar refractivity (Wildman–Crippen MR) is 75.4 cm³/mol. The first kappa shape index (κ1) is 11.9. The summed E-state index contributed by atoms with van der Waals surface area (Å²) in [6, 6.07) is 11.6. The molecule has 2 heteroatoms. The van der Waals surface area contributed by atoms with E-state index in [-0.39, 0.29) is 0 Å². The van der Waals surface area contributed by atoms with E-state index in [2.05, 4.69) is 46.6 Å². The van der Waals surface area contributed by atoms with Gasteiger partial charge in [-0.25, -0.2) is 0 Å². The monoisotopic (exact) mass is 242 g/mol. The van der Waals surface area contributed by atoms with Crippen molar-refractivity contribution in [2.45, 2.75) is 31.8 Å². The Kier molecular flexibility index (Phi) is 3.77. The Morgan fingerprint density at radius 2 is 2.00 bits per heavy atom. The van der Waals surface area contributed by atoms with Crippen LogP contribution in [0.15, 0.2) is 42.0 Å². The minimum Gasteiger partial charge on any atom is -0.310 e. The minimum atomic E-state index is 0.815. The van der Waals surface area contributed by atoms with E-state index in [1.165, 1.54) is 31.4 Å². The zero-order valence-corrected chi connectivity index (χ0v) is 10.9. The average molecular weight is 242 g/mol. The molecule has 1 heterocycles. The lowest BCUT2D eigenvalue weighted by molar-refractivity contribution is 0.279. The van der Waals surface area contributed by atoms with Crippen molar-refractivity contribution in [1.29, 1.82) is 0 Å². The molecule has 0 unspecified atom stereocenters. The third kappa shape index (κ3) is 3.44. The fourth-order valence-electron chi connectivity index (χ4n) is 2.55. The van der Waals surface area contributed by atoms with E-state index in [4.69, 9.17) is 0 Å². The third-order valence-corrected chi connectivity index (χ3v) is 3.75. The number of rotatable bonds is 5. The standard InChI is InChI=1S/C16H22N2/c1-2-5-14(6-3-1)12-18-10-4-7-15(13-18)11-17-16-8-9-16/h1-3,5-7,16-17H,4,8-13H2. The number of hydrogen-bond donors (Lipinski definition) is 1. The van der Waals surface area contributed by atoms with Crippen molar-refractivity contribution in [1.82, 2.24) is 10.2 Å². The fraction of sp³-hybridized carbons (Fsp3) is 0.500. The molecule has 96 valence electrons. The van der Waals surface area contributed by atoms with Gasteiger partial charge in [0.05, 0.1) is 0 Å². The lowest BCUT2D eigenvalue weighted by Crippen LogP contribution is -2.33. The second kappa shape index (κ2) is 5.68. The van der Waals surface area contributed by atoms with Gasteiger partial charge >= 0.3 is 0 Å². The van der Waals surface area contributed by atoms with Gasteiger partial charge in [0, 0.05) is 32.2 Å². The van der Waals surface area contributed by atoms with E-state index in [0.717, 1.165) is 25.7 Å². The second-order valence-corrected chi connectivity index (χ2v) is 5.50. The summed E-state index contributed by atoms with van der Waals surface area (Å²) in [5, 5.41) is 3.62. The summed E-state index contributed by atoms with van der Waals surface area (Å²) in [5.74, 6) is 0. The normalized spacial score (nSPS) is 20.8. The predicted octanol–water partition coefficient (Wildman–Crippen LogP) is 2.57. The molecule has 0 aromatic heterocycles. The minimum absolute atomic E-state index is 0.815. The quantitative estimate of drug-likeness (QED) is 0.798. The fourth-order valence-corrected chi connectivity index (χ4v) is 2.55. The summed E-state index contributed by atoms with van der Waals surface area (Å²) in [5.41, 5.74) is 3.00. The van der Waals surface area contributed by atoms with Gasteiger partial charge in [-0.15, -0.1) is 0 Å². The summed E-state index contributed by atoms with van der Waals surface area (Å²) < 4.78 is 0. The number of hydrogen-bond acceptors (Lipinski definition) is 2. The molecular formula is C16H22N2. The Balaban J connectivity index is 1.50. The maximum Gasteiger partial charge on any atom is 0.0237 e. The molecule has 1 aliphatic heterocycles. The van der Waals surface area contributed by atoms with Crippen LogP contribution in [-0.2, 0) is 6.54 Å². The SMILES string of the molecule is C1=C(CNC2CC2)CN(Cc2ccccc2)CC1. The summed E-state index contributed by atoms with van der Waals surface area (Å²) in [6.45, 7) is 4.51. The van der Waals surface area contributed by atoms with Gasteiger partial charge in [0.15, 0.2) is 0 Å². The van der Waals surface area contributed by atoms with Crippen molar-refractivity contribution < 1.29 is 0 Å². The summed E-state index contributed by atoms with van der Waals surface area (Å²) >= 11 is 0. The number of benzene rings is 1. The van der Waals surface area contributed by atoms with E-state index in [1.54, 1.807) is 5.57 Å². The molecule has 1 aromatic rings. The van der Waals surface area contributed by atoms with Gasteiger partial charge in [-0.1, -0.05) is 36.4 Å². The Bertz CT molecular complexity index is 406. The van der Waals surface area contributed by atoms with Crippen molar-refractivity contribution in [2.75, 3.05) is 19.6 Å². The molecule has 1 saturated carbocycles. The van der Waals surface area contributed by atoms with Crippen molar-refractivity contribution in [3.8, 4) is 0 Å². The van der Waals surface area contributed by atoms with Crippen LogP contribution in [0.1, 0.15) is 24.8 Å². The molecule has 18 heavy (non-hydrogen) atoms. The molecule has 2 aliphatic rings. The molecule has 2 nitrogen and oxygen atoms in total. The van der Waals surface area contributed by atoms with E-state index in [9.17, 15) is 0 Å². The highest BCUT2D eigenvalue weighted by molar-refractivity contribution is 5.16. The van der Waals surface area contributed by atoms with Crippen molar-refractivity contribution in [3.63, 3.8) is 0 Å². The van der Waals surface area contributed by atoms with Crippen LogP contribution in [0.25, 0.3) is 0 Å². The third-order valence-electron chi connectivity index (χ3n) is 3.75. The van der Waals surface area contributed by atoms with Gasteiger partial charge in [0.1, 0.15) is 0 Å². The molecule has 0 atom stereocenters. The number of nitrogens with one attached hydrogen (secondary N) is 1. The Morgan fingerprint density at radius 3 is 2.78 bits per heavy atom. The highest BCUT2D eigenvalue weighted by Crippen LogP contribution is 2.19. The van der Waals surface area contributed by atoms with E-state index in [1.807, 2.05) is 0 Å². The van der Waals surface area contributed by atoms with Crippen LogP contribution in [0.3, 0.4) is 0 Å². The molecule has 3 rings (SSSR count). The van der Waals surface area contributed by atoms with Crippen molar-refractivity contribution in [3.05, 3.63) is 47.5 Å². The van der Waals surface area contributed by atoms with Crippen LogP contribution in [0, 0.1) is 0 Å². The zero-order chi connectivity index (χ0) is 12.2. The highest BCUT2D eigenvalue weighted by atomic mass is 15.1. The summed E-state index contributed by atoms with van der Waals surface area (Å²) in [7, 11) is 0. The van der Waals surface area contributed by atoms with Gasteiger partial charge in [0.2, 0.25) is 0 Å². The molecule has 0 amide bonds. The van der Waals surface area contributed by atoms with E-state index in [0.29, 0.717) is 0 Å². The van der Waals surface area contributed by atoms with Crippen LogP contribution in [0.5, 0.6) is 0 Å². The van der Waals surface area contributed by atoms with Crippen molar-refractivity contribution >= 4 is 0 Å². The van der Waals surface area contributed by atoms with Gasteiger partial charge in [-0.2, -0.15) is 0 Å². The summed E-state index contributed by atoms with van der Waals surface area (Å²) in [6.07, 6.45) is 6.38. The molecule has 0 radical (unpaired) electrons. The highest BCUT2D eigenvalue weighted by Gasteiger charge is 2.21. The maximum absolute atomic E-state index is 3.62. The van der Waals surface area contributed by atoms with Gasteiger partial charge in [-0.05, 0) is 30.4 Å². The first-order valence-electron chi connectivity index (χ1n) is 7.08. The lowest BCUT2D eigenvalue weighted by atomic mass is 10.1. The largest absolute Gasteiger partial charge is 0.310 e. The van der Waals surface area contributed by atoms with Crippen LogP contribution < -0.4 is 5.32 Å². The van der Waals surface area contributed by atoms with E-state index < -0.39 is 0 Å². The molecule has 1 N–H and O–H groups in total. The van der Waals surface area contributed by atoms with Gasteiger partial charge < -0.3 is 5.32 Å². The van der Waals surface area contributed by atoms with E-state index >= 15 is 0 Å². The first-order chi connectivity index (χ1) is 8.90. The second-order valence-electron chi connectivity index (χ2n) is 5.50. The molecule has 0 saturated heterocycles. The van der Waals surface area contributed by atoms with Crippen LogP contribution >= 0.6 is 0 Å². The maximum atomic E-state index is 3.62. The zero-order valence-electron chi connectivity index (χ0n) is 10.9. The Morgan fingerprint density at radius 1 is 1.17 bits per heavy atom. The first-order valence-corrected chi connectivity index (χ1v) is 7.08. The molecule has 1 fully saturated rings. The Hall–Kier alpha value is -1.12. The summed E-state index contributed by atoms with van der Waals surface area (Å²) in [4.78, 5) is 2.55. The smallest absolute Gasteiger partial charge is 0.0237 e. The van der Waals surface area contributed by atoms with Gasteiger partial charge in [-0.3, -0.25) is 4.90 Å². The molecule has 0 bridgehead atoms. The topological polar surface area (TPSA) is 15.3 Å². The van der Waals surface area contributed by atoms with Crippen molar-refractivity contribution in [2.24, 2.45) is 0 Å². The number of nitrogens with zero attached hydrogens (tertiary/aromatic N) is 1. The molecular weight excluding hydrogens is 220 g/mol. The van der Waals surface area contributed by atoms with Crippen LogP contribution in [0.4, 0.5) is 0 Å². The lowest BCUT2D eigenvalue weighted by Gasteiger charge is -2.27. The van der Waals surface area contributed by atoms with Crippen LogP contribution in [0.2, 0.25) is 0 Å². The Labute approximate surface area is 110 Å². The molecule has 0 spiro atoms. The average Bonchev–Trinajstić information content (AvgIpc) is 3.22. The van der Waals surface area contributed by atoms with Gasteiger partial charge in [0.25, 0.3) is 0 Å². The molecule has 1 aromatic carbocycles. The molecule has 1 aliphatic carbocycles. The van der Waals surface area contributed by atoms with Crippen LogP contribution in [-0.4, -0.2) is 30.6 Å².